The third kappa shape index (κ3) is 5.44. The van der Waals surface area contributed by atoms with E-state index in [2.05, 4.69) is 72.8 Å². The van der Waals surface area contributed by atoms with Gasteiger partial charge in [0.2, 0.25) is 11.1 Å². The number of benzene rings is 2. The number of nitrogens with zero attached hydrogens (tertiary/aromatic N) is 4. The van der Waals surface area contributed by atoms with Gasteiger partial charge < -0.3 is 5.32 Å². The van der Waals surface area contributed by atoms with Gasteiger partial charge in [-0.15, -0.1) is 5.10 Å². The molecule has 0 aliphatic heterocycles. The lowest BCUT2D eigenvalue weighted by atomic mass is 9.99. The lowest BCUT2D eigenvalue weighted by Crippen LogP contribution is -2.14. The molecule has 3 aromatic rings. The number of rotatable bonds is 8. The van der Waals surface area contributed by atoms with Crippen molar-refractivity contribution in [1.82, 2.24) is 20.2 Å². The maximum absolute atomic E-state index is 12.3. The second-order valence-electron chi connectivity index (χ2n) is 7.39. The Morgan fingerprint density at radius 1 is 1.03 bits per heavy atom. The molecule has 3 rings (SSSR count). The molecule has 29 heavy (non-hydrogen) atoms. The van der Waals surface area contributed by atoms with E-state index in [0.29, 0.717) is 17.0 Å². The first-order valence-electron chi connectivity index (χ1n) is 9.89. The van der Waals surface area contributed by atoms with Gasteiger partial charge >= 0.3 is 0 Å². The average Bonchev–Trinajstić information content (AvgIpc) is 3.21. The molecule has 2 aromatic carbocycles. The Kier molecular flexibility index (Phi) is 7.04. The topological polar surface area (TPSA) is 72.7 Å². The summed E-state index contributed by atoms with van der Waals surface area (Å²) in [5, 5.41) is 15.4. The molecule has 0 bridgehead atoms. The Hall–Kier alpha value is -2.67. The van der Waals surface area contributed by atoms with E-state index in [1.807, 2.05) is 24.3 Å². The van der Waals surface area contributed by atoms with Gasteiger partial charge in [-0.3, -0.25) is 4.79 Å². The molecule has 1 aromatic heterocycles. The lowest BCUT2D eigenvalue weighted by Gasteiger charge is -2.10. The Labute approximate surface area is 176 Å². The third-order valence-corrected chi connectivity index (χ3v) is 5.87. The van der Waals surface area contributed by atoms with Gasteiger partial charge in [0.1, 0.15) is 0 Å². The van der Waals surface area contributed by atoms with Crippen molar-refractivity contribution < 1.29 is 4.79 Å². The predicted octanol–water partition coefficient (Wildman–Crippen LogP) is 5.03. The fourth-order valence-electron chi connectivity index (χ4n) is 2.89. The van der Waals surface area contributed by atoms with Crippen molar-refractivity contribution in [2.24, 2.45) is 0 Å². The predicted molar refractivity (Wildman–Crippen MR) is 118 cm³/mol. The van der Waals surface area contributed by atoms with Crippen LogP contribution in [0.15, 0.2) is 53.7 Å². The zero-order chi connectivity index (χ0) is 20.8. The first kappa shape index (κ1) is 21.0. The second kappa shape index (κ2) is 9.69. The van der Waals surface area contributed by atoms with Gasteiger partial charge in [-0.1, -0.05) is 63.7 Å². The summed E-state index contributed by atoms with van der Waals surface area (Å²) in [6.45, 7) is 8.68. The van der Waals surface area contributed by atoms with Crippen LogP contribution in [0.25, 0.3) is 5.69 Å². The number of aromatic nitrogens is 4. The molecule has 0 fully saturated rings. The lowest BCUT2D eigenvalue weighted by molar-refractivity contribution is -0.113. The smallest absolute Gasteiger partial charge is 0.234 e. The minimum Gasteiger partial charge on any atom is -0.325 e. The van der Waals surface area contributed by atoms with Crippen molar-refractivity contribution in [1.29, 1.82) is 0 Å². The molecule has 1 amide bonds. The van der Waals surface area contributed by atoms with Crippen LogP contribution < -0.4 is 5.32 Å². The highest BCUT2D eigenvalue weighted by Crippen LogP contribution is 2.22. The van der Waals surface area contributed by atoms with Crippen molar-refractivity contribution in [2.45, 2.75) is 51.1 Å². The molecule has 0 aliphatic rings. The second-order valence-corrected chi connectivity index (χ2v) is 8.33. The van der Waals surface area contributed by atoms with Gasteiger partial charge in [-0.05, 0) is 64.1 Å². The number of nitrogens with one attached hydrogen (secondary N) is 1. The standard InChI is InChI=1S/C22H27N5OS/c1-5-16(4)18-6-10-19(11-7-18)23-21(28)14-29-22-24-25-26-27(22)20-12-8-17(9-13-20)15(2)3/h6-13,15-16H,5,14H2,1-4H3,(H,23,28)/t16-/m0/s1. The van der Waals surface area contributed by atoms with E-state index in [1.165, 1.54) is 22.9 Å². The number of amides is 1. The van der Waals surface area contributed by atoms with Crippen LogP contribution in [0.5, 0.6) is 0 Å². The van der Waals surface area contributed by atoms with Crippen LogP contribution in [0.2, 0.25) is 0 Å². The van der Waals surface area contributed by atoms with E-state index in [9.17, 15) is 4.79 Å². The van der Waals surface area contributed by atoms with Crippen molar-refractivity contribution in [3.8, 4) is 5.69 Å². The molecule has 152 valence electrons. The van der Waals surface area contributed by atoms with Crippen LogP contribution in [-0.4, -0.2) is 31.9 Å². The molecule has 7 heteroatoms. The first-order chi connectivity index (χ1) is 14.0. The average molecular weight is 410 g/mol. The third-order valence-electron chi connectivity index (χ3n) is 4.95. The minimum atomic E-state index is -0.0870. The number of carbonyl (C=O) groups is 1. The monoisotopic (exact) mass is 409 g/mol. The first-order valence-corrected chi connectivity index (χ1v) is 10.9. The normalized spacial score (nSPS) is 12.2. The van der Waals surface area contributed by atoms with Crippen molar-refractivity contribution in [2.75, 3.05) is 11.1 Å². The fourth-order valence-corrected chi connectivity index (χ4v) is 3.58. The molecular formula is C22H27N5OS. The zero-order valence-electron chi connectivity index (χ0n) is 17.3. The molecule has 0 radical (unpaired) electrons. The molecule has 0 saturated carbocycles. The summed E-state index contributed by atoms with van der Waals surface area (Å²) >= 11 is 1.31. The number of hydrogen-bond donors (Lipinski definition) is 1. The van der Waals surface area contributed by atoms with Gasteiger partial charge in [-0.25, -0.2) is 0 Å². The quantitative estimate of drug-likeness (QED) is 0.528. The highest BCUT2D eigenvalue weighted by atomic mass is 32.2. The van der Waals surface area contributed by atoms with E-state index in [0.717, 1.165) is 17.8 Å². The van der Waals surface area contributed by atoms with E-state index < -0.39 is 0 Å². The highest BCUT2D eigenvalue weighted by Gasteiger charge is 2.12. The Bertz CT molecular complexity index is 935. The molecule has 1 atom stereocenters. The summed E-state index contributed by atoms with van der Waals surface area (Å²) in [5.74, 6) is 1.13. The Morgan fingerprint density at radius 2 is 1.69 bits per heavy atom. The van der Waals surface area contributed by atoms with E-state index in [-0.39, 0.29) is 11.7 Å². The molecule has 0 unspecified atom stereocenters. The largest absolute Gasteiger partial charge is 0.325 e. The van der Waals surface area contributed by atoms with Crippen LogP contribution in [0.4, 0.5) is 5.69 Å². The summed E-state index contributed by atoms with van der Waals surface area (Å²) in [6, 6.07) is 16.2. The van der Waals surface area contributed by atoms with Gasteiger partial charge in [0.05, 0.1) is 11.4 Å². The fraction of sp³-hybridized carbons (Fsp3) is 0.364. The van der Waals surface area contributed by atoms with Gasteiger partial charge in [-0.2, -0.15) is 4.68 Å². The molecule has 1 N–H and O–H groups in total. The van der Waals surface area contributed by atoms with Crippen molar-refractivity contribution in [3.05, 3.63) is 59.7 Å². The van der Waals surface area contributed by atoms with Gasteiger partial charge in [0, 0.05) is 5.69 Å². The van der Waals surface area contributed by atoms with E-state index >= 15 is 0 Å². The number of carbonyl (C=O) groups excluding carboxylic acids is 1. The van der Waals surface area contributed by atoms with Gasteiger partial charge in [0.15, 0.2) is 0 Å². The van der Waals surface area contributed by atoms with E-state index in [1.54, 1.807) is 4.68 Å². The number of anilines is 1. The SMILES string of the molecule is CC[C@H](C)c1ccc(NC(=O)CSc2nnnn2-c2ccc(C(C)C)cc2)cc1. The zero-order valence-corrected chi connectivity index (χ0v) is 18.1. The van der Waals surface area contributed by atoms with Crippen LogP contribution in [-0.2, 0) is 4.79 Å². The summed E-state index contributed by atoms with van der Waals surface area (Å²) in [4.78, 5) is 12.3. The minimum absolute atomic E-state index is 0.0870. The van der Waals surface area contributed by atoms with Crippen LogP contribution >= 0.6 is 11.8 Å². The molecular weight excluding hydrogens is 382 g/mol. The maximum Gasteiger partial charge on any atom is 0.234 e. The highest BCUT2D eigenvalue weighted by molar-refractivity contribution is 7.99. The summed E-state index contributed by atoms with van der Waals surface area (Å²) in [7, 11) is 0. The van der Waals surface area contributed by atoms with Gasteiger partial charge in [0.25, 0.3) is 0 Å². The molecule has 1 heterocycles. The number of thioether (sulfide) groups is 1. The maximum atomic E-state index is 12.3. The van der Waals surface area contributed by atoms with E-state index in [4.69, 9.17) is 0 Å². The van der Waals surface area contributed by atoms with Crippen molar-refractivity contribution >= 4 is 23.4 Å². The molecule has 6 nitrogen and oxygen atoms in total. The Morgan fingerprint density at radius 3 is 2.31 bits per heavy atom. The van der Waals surface area contributed by atoms with Crippen LogP contribution in [0.3, 0.4) is 0 Å². The molecule has 0 spiro atoms. The number of tetrazole rings is 1. The van der Waals surface area contributed by atoms with Crippen LogP contribution in [0, 0.1) is 0 Å². The van der Waals surface area contributed by atoms with Crippen molar-refractivity contribution in [3.63, 3.8) is 0 Å². The molecule has 0 aliphatic carbocycles. The summed E-state index contributed by atoms with van der Waals surface area (Å²) < 4.78 is 1.66. The molecule has 0 saturated heterocycles. The summed E-state index contributed by atoms with van der Waals surface area (Å²) in [6.07, 6.45) is 1.09. The Balaban J connectivity index is 1.59. The summed E-state index contributed by atoms with van der Waals surface area (Å²) in [5.41, 5.74) is 4.21. The van der Waals surface area contributed by atoms with Crippen LogP contribution in [0.1, 0.15) is 57.1 Å². The number of hydrogen-bond acceptors (Lipinski definition) is 5.